The maximum absolute atomic E-state index is 13.0. The van der Waals surface area contributed by atoms with E-state index in [1.807, 2.05) is 18.2 Å². The molecule has 178 valence electrons. The molecule has 0 saturated carbocycles. The van der Waals surface area contributed by atoms with E-state index in [9.17, 15) is 24.0 Å². The molecule has 2 amide bonds. The SMILES string of the molecule is Cc1c(NC(=O)c2cccc(NC(=O)Cn3ccc(=O)[nH]c3=O)c2)c(=O)n(-c2ccccc2)n1C. The van der Waals surface area contributed by atoms with Crippen LogP contribution in [0.2, 0.25) is 0 Å². The third-order valence-electron chi connectivity index (χ3n) is 5.41. The molecule has 0 fully saturated rings. The predicted octanol–water partition coefficient (Wildman–Crippen LogP) is 1.23. The Kier molecular flexibility index (Phi) is 6.32. The van der Waals surface area contributed by atoms with E-state index in [4.69, 9.17) is 0 Å². The van der Waals surface area contributed by atoms with Crippen molar-refractivity contribution in [2.45, 2.75) is 13.5 Å². The lowest BCUT2D eigenvalue weighted by molar-refractivity contribution is -0.116. The van der Waals surface area contributed by atoms with Crippen molar-refractivity contribution in [3.63, 3.8) is 0 Å². The topological polar surface area (TPSA) is 140 Å². The first-order valence-electron chi connectivity index (χ1n) is 10.6. The Bertz CT molecular complexity index is 1590. The van der Waals surface area contributed by atoms with Crippen LogP contribution in [0, 0.1) is 6.92 Å². The first-order chi connectivity index (χ1) is 16.7. The van der Waals surface area contributed by atoms with Crippen molar-refractivity contribution in [2.24, 2.45) is 7.05 Å². The third kappa shape index (κ3) is 4.88. The Balaban J connectivity index is 1.52. The van der Waals surface area contributed by atoms with Gasteiger partial charge < -0.3 is 10.6 Å². The fourth-order valence-corrected chi connectivity index (χ4v) is 3.56. The van der Waals surface area contributed by atoms with Crippen LogP contribution in [-0.4, -0.2) is 30.7 Å². The zero-order valence-electron chi connectivity index (χ0n) is 18.9. The molecule has 11 heteroatoms. The van der Waals surface area contributed by atoms with Gasteiger partial charge in [0.25, 0.3) is 17.0 Å². The largest absolute Gasteiger partial charge is 0.328 e. The van der Waals surface area contributed by atoms with E-state index in [1.54, 1.807) is 49.0 Å². The molecule has 2 aromatic heterocycles. The molecule has 0 atom stereocenters. The zero-order chi connectivity index (χ0) is 25.1. The summed E-state index contributed by atoms with van der Waals surface area (Å²) in [6.07, 6.45) is 1.22. The van der Waals surface area contributed by atoms with Gasteiger partial charge in [0, 0.05) is 30.6 Å². The molecule has 11 nitrogen and oxygen atoms in total. The molecule has 2 heterocycles. The molecule has 35 heavy (non-hydrogen) atoms. The number of para-hydroxylation sites is 1. The van der Waals surface area contributed by atoms with E-state index in [-0.39, 0.29) is 23.4 Å². The highest BCUT2D eigenvalue weighted by molar-refractivity contribution is 6.05. The molecule has 0 radical (unpaired) electrons. The van der Waals surface area contributed by atoms with Crippen molar-refractivity contribution < 1.29 is 9.59 Å². The second-order valence-corrected chi connectivity index (χ2v) is 7.76. The lowest BCUT2D eigenvalue weighted by Gasteiger charge is -2.09. The van der Waals surface area contributed by atoms with Gasteiger partial charge in [-0.25, -0.2) is 9.48 Å². The van der Waals surface area contributed by atoms with Crippen LogP contribution in [0.1, 0.15) is 16.1 Å². The number of hydrogen-bond acceptors (Lipinski definition) is 5. The molecule has 0 unspecified atom stereocenters. The average molecular weight is 474 g/mol. The van der Waals surface area contributed by atoms with Gasteiger partial charge in [-0.15, -0.1) is 0 Å². The van der Waals surface area contributed by atoms with Gasteiger partial charge >= 0.3 is 5.69 Å². The molecule has 4 aromatic rings. The Morgan fingerprint density at radius 3 is 2.40 bits per heavy atom. The summed E-state index contributed by atoms with van der Waals surface area (Å²) in [5, 5.41) is 5.28. The van der Waals surface area contributed by atoms with E-state index >= 15 is 0 Å². The molecular weight excluding hydrogens is 452 g/mol. The van der Waals surface area contributed by atoms with Crippen molar-refractivity contribution in [1.29, 1.82) is 0 Å². The van der Waals surface area contributed by atoms with Gasteiger partial charge in [-0.3, -0.25) is 33.4 Å². The zero-order valence-corrected chi connectivity index (χ0v) is 18.9. The maximum Gasteiger partial charge on any atom is 0.328 e. The van der Waals surface area contributed by atoms with Crippen molar-refractivity contribution in [3.05, 3.63) is 109 Å². The Hall–Kier alpha value is -4.93. The molecule has 0 bridgehead atoms. The highest BCUT2D eigenvalue weighted by Gasteiger charge is 2.19. The number of carbonyl (C=O) groups excluding carboxylic acids is 2. The van der Waals surface area contributed by atoms with Crippen LogP contribution in [0.4, 0.5) is 11.4 Å². The maximum atomic E-state index is 13.0. The molecular formula is C24H22N6O5. The average Bonchev–Trinajstić information content (AvgIpc) is 3.04. The van der Waals surface area contributed by atoms with Gasteiger partial charge in [0.15, 0.2) is 0 Å². The van der Waals surface area contributed by atoms with Crippen LogP contribution < -0.4 is 27.4 Å². The summed E-state index contributed by atoms with van der Waals surface area (Å²) in [5.41, 5.74) is 0.283. The molecule has 0 saturated heterocycles. The smallest absolute Gasteiger partial charge is 0.325 e. The second kappa shape index (κ2) is 9.51. The second-order valence-electron chi connectivity index (χ2n) is 7.76. The predicted molar refractivity (Wildman–Crippen MR) is 130 cm³/mol. The standard InChI is InChI=1S/C24H22N6O5/c1-15-21(23(34)30(28(15)2)18-9-4-3-5-10-18)27-22(33)16-7-6-8-17(13-16)25-20(32)14-29-12-11-19(31)26-24(29)35/h3-13H,14H2,1-2H3,(H,25,32)(H,27,33)(H,26,31,35). The lowest BCUT2D eigenvalue weighted by Crippen LogP contribution is -2.32. The number of rotatable bonds is 6. The lowest BCUT2D eigenvalue weighted by atomic mass is 10.2. The van der Waals surface area contributed by atoms with Crippen LogP contribution >= 0.6 is 0 Å². The molecule has 2 aromatic carbocycles. The number of hydrogen-bond donors (Lipinski definition) is 3. The monoisotopic (exact) mass is 474 g/mol. The Morgan fingerprint density at radius 1 is 0.943 bits per heavy atom. The molecule has 0 aliphatic heterocycles. The first-order valence-corrected chi connectivity index (χ1v) is 10.6. The van der Waals surface area contributed by atoms with Gasteiger partial charge in [-0.1, -0.05) is 24.3 Å². The normalized spacial score (nSPS) is 10.7. The Morgan fingerprint density at radius 2 is 1.69 bits per heavy atom. The summed E-state index contributed by atoms with van der Waals surface area (Å²) in [6.45, 7) is 1.40. The van der Waals surface area contributed by atoms with Gasteiger partial charge in [0.2, 0.25) is 5.91 Å². The van der Waals surface area contributed by atoms with Gasteiger partial charge in [0.05, 0.1) is 11.4 Å². The number of benzene rings is 2. The van der Waals surface area contributed by atoms with Crippen LogP contribution in [0.5, 0.6) is 0 Å². The Labute approximate surface area is 198 Å². The van der Waals surface area contributed by atoms with Crippen LogP contribution in [0.3, 0.4) is 0 Å². The number of nitrogens with zero attached hydrogens (tertiary/aromatic N) is 3. The molecule has 0 aliphatic rings. The van der Waals surface area contributed by atoms with Crippen LogP contribution in [-0.2, 0) is 18.4 Å². The molecule has 4 rings (SSSR count). The summed E-state index contributed by atoms with van der Waals surface area (Å²) in [6, 6.07) is 16.4. The number of nitrogens with one attached hydrogen (secondary N) is 3. The molecule has 3 N–H and O–H groups in total. The highest BCUT2D eigenvalue weighted by Crippen LogP contribution is 2.17. The first kappa shape index (κ1) is 23.2. The number of H-pyrrole nitrogens is 1. The van der Waals surface area contributed by atoms with E-state index in [0.29, 0.717) is 17.1 Å². The van der Waals surface area contributed by atoms with Crippen LogP contribution in [0.25, 0.3) is 5.69 Å². The minimum Gasteiger partial charge on any atom is -0.325 e. The summed E-state index contributed by atoms with van der Waals surface area (Å²) in [4.78, 5) is 63.3. The summed E-state index contributed by atoms with van der Waals surface area (Å²) in [5.74, 6) is -1.05. The number of aromatic nitrogens is 4. The van der Waals surface area contributed by atoms with Crippen molar-refractivity contribution in [1.82, 2.24) is 18.9 Å². The third-order valence-corrected chi connectivity index (χ3v) is 5.41. The van der Waals surface area contributed by atoms with Crippen molar-refractivity contribution in [2.75, 3.05) is 10.6 Å². The summed E-state index contributed by atoms with van der Waals surface area (Å²) in [7, 11) is 1.73. The van der Waals surface area contributed by atoms with Gasteiger partial charge in [0.1, 0.15) is 12.2 Å². The van der Waals surface area contributed by atoms with E-state index in [2.05, 4.69) is 15.6 Å². The van der Waals surface area contributed by atoms with E-state index in [0.717, 1.165) is 10.6 Å². The highest BCUT2D eigenvalue weighted by atomic mass is 16.2. The summed E-state index contributed by atoms with van der Waals surface area (Å²) >= 11 is 0. The van der Waals surface area contributed by atoms with Crippen molar-refractivity contribution >= 4 is 23.2 Å². The summed E-state index contributed by atoms with van der Waals surface area (Å²) < 4.78 is 4.16. The number of anilines is 2. The number of carbonyl (C=O) groups is 2. The molecule has 0 spiro atoms. The molecule has 0 aliphatic carbocycles. The number of amides is 2. The fraction of sp³-hybridized carbons (Fsp3) is 0.125. The van der Waals surface area contributed by atoms with E-state index in [1.165, 1.54) is 16.9 Å². The van der Waals surface area contributed by atoms with Crippen molar-refractivity contribution in [3.8, 4) is 5.69 Å². The van der Waals surface area contributed by atoms with Gasteiger partial charge in [-0.2, -0.15) is 0 Å². The minimum absolute atomic E-state index is 0.147. The fourth-order valence-electron chi connectivity index (χ4n) is 3.56. The minimum atomic E-state index is -0.708. The quantitative estimate of drug-likeness (QED) is 0.386. The van der Waals surface area contributed by atoms with E-state index < -0.39 is 23.1 Å². The van der Waals surface area contributed by atoms with Crippen LogP contribution in [0.15, 0.2) is 81.2 Å². The number of aromatic amines is 1. The van der Waals surface area contributed by atoms with Gasteiger partial charge in [-0.05, 0) is 37.3 Å².